The Bertz CT molecular complexity index is 477. The highest BCUT2D eigenvalue weighted by Gasteiger charge is 2.08. The van der Waals surface area contributed by atoms with Crippen molar-refractivity contribution in [1.29, 1.82) is 0 Å². The fourth-order valence-corrected chi connectivity index (χ4v) is 1.89. The van der Waals surface area contributed by atoms with Crippen LogP contribution in [-0.2, 0) is 0 Å². The molecule has 1 heterocycles. The van der Waals surface area contributed by atoms with Gasteiger partial charge in [-0.1, -0.05) is 24.3 Å². The maximum absolute atomic E-state index is 9.39. The summed E-state index contributed by atoms with van der Waals surface area (Å²) in [5.74, 6) is 0.916. The minimum atomic E-state index is -0.356. The van der Waals surface area contributed by atoms with Crippen LogP contribution >= 0.6 is 0 Å². The zero-order valence-electron chi connectivity index (χ0n) is 9.59. The maximum Gasteiger partial charge on any atom is 0.136 e. The summed E-state index contributed by atoms with van der Waals surface area (Å²) in [6.45, 7) is 2.36. The van der Waals surface area contributed by atoms with Gasteiger partial charge < -0.3 is 10.0 Å². The monoisotopic (exact) mass is 216 g/mol. The number of anilines is 1. The number of hydrogen-bond acceptors (Lipinski definition) is 3. The average Bonchev–Trinajstić information content (AvgIpc) is 2.27. The molecule has 0 aliphatic rings. The first-order chi connectivity index (χ1) is 7.68. The van der Waals surface area contributed by atoms with Crippen LogP contribution < -0.4 is 4.90 Å². The summed E-state index contributed by atoms with van der Waals surface area (Å²) in [6.07, 6.45) is 1.45. The number of likely N-dealkylation sites (N-methyl/N-ethyl adjacent to an activating group) is 1. The molecular weight excluding hydrogens is 200 g/mol. The van der Waals surface area contributed by atoms with E-state index in [-0.39, 0.29) is 6.10 Å². The predicted molar refractivity (Wildman–Crippen MR) is 66.7 cm³/mol. The summed E-state index contributed by atoms with van der Waals surface area (Å²) in [7, 11) is 1.95. The van der Waals surface area contributed by atoms with Gasteiger partial charge in [0.15, 0.2) is 0 Å². The average molecular weight is 216 g/mol. The number of aliphatic hydroxyl groups is 1. The Balaban J connectivity index is 2.44. The second kappa shape index (κ2) is 4.49. The molecular formula is C13H16N2O. The lowest BCUT2D eigenvalue weighted by molar-refractivity contribution is 0.201. The molecule has 1 atom stereocenters. The lowest BCUT2D eigenvalue weighted by atomic mass is 10.1. The summed E-state index contributed by atoms with van der Waals surface area (Å²) < 4.78 is 0. The van der Waals surface area contributed by atoms with Gasteiger partial charge in [-0.15, -0.1) is 0 Å². The molecule has 0 aliphatic carbocycles. The van der Waals surface area contributed by atoms with E-state index in [1.807, 2.05) is 30.1 Å². The van der Waals surface area contributed by atoms with Crippen molar-refractivity contribution in [2.75, 3.05) is 18.5 Å². The summed E-state index contributed by atoms with van der Waals surface area (Å²) >= 11 is 0. The van der Waals surface area contributed by atoms with E-state index in [9.17, 15) is 5.11 Å². The van der Waals surface area contributed by atoms with Gasteiger partial charge in [-0.3, -0.25) is 0 Å². The Kier molecular flexibility index (Phi) is 3.06. The molecule has 2 rings (SSSR count). The Hall–Kier alpha value is -1.61. The van der Waals surface area contributed by atoms with Gasteiger partial charge in [-0.05, 0) is 18.4 Å². The zero-order chi connectivity index (χ0) is 11.5. The van der Waals surface area contributed by atoms with Crippen LogP contribution in [0.25, 0.3) is 10.8 Å². The highest BCUT2D eigenvalue weighted by molar-refractivity contribution is 5.91. The van der Waals surface area contributed by atoms with Crippen molar-refractivity contribution in [3.05, 3.63) is 36.5 Å². The maximum atomic E-state index is 9.39. The predicted octanol–water partition coefficient (Wildman–Crippen LogP) is 2.05. The van der Waals surface area contributed by atoms with Gasteiger partial charge in [0.25, 0.3) is 0 Å². The van der Waals surface area contributed by atoms with Crippen molar-refractivity contribution in [1.82, 2.24) is 4.98 Å². The summed E-state index contributed by atoms with van der Waals surface area (Å²) in [5, 5.41) is 11.7. The number of fused-ring (bicyclic) bond motifs is 1. The Morgan fingerprint density at radius 1 is 1.31 bits per heavy atom. The molecule has 16 heavy (non-hydrogen) atoms. The molecule has 0 bridgehead atoms. The van der Waals surface area contributed by atoms with E-state index >= 15 is 0 Å². The zero-order valence-corrected chi connectivity index (χ0v) is 9.59. The molecule has 3 nitrogen and oxygen atoms in total. The van der Waals surface area contributed by atoms with Crippen molar-refractivity contribution in [2.45, 2.75) is 13.0 Å². The van der Waals surface area contributed by atoms with Crippen molar-refractivity contribution in [3.8, 4) is 0 Å². The van der Waals surface area contributed by atoms with Gasteiger partial charge in [-0.25, -0.2) is 4.98 Å². The fraction of sp³-hybridized carbons (Fsp3) is 0.308. The van der Waals surface area contributed by atoms with E-state index in [1.165, 1.54) is 5.39 Å². The van der Waals surface area contributed by atoms with Gasteiger partial charge in [0.2, 0.25) is 0 Å². The molecule has 0 saturated heterocycles. The number of pyridine rings is 1. The second-order valence-corrected chi connectivity index (χ2v) is 4.09. The molecule has 84 valence electrons. The third kappa shape index (κ3) is 2.14. The van der Waals surface area contributed by atoms with E-state index in [0.29, 0.717) is 6.54 Å². The highest BCUT2D eigenvalue weighted by atomic mass is 16.3. The minimum absolute atomic E-state index is 0.356. The first-order valence-electron chi connectivity index (χ1n) is 5.41. The number of hydrogen-bond donors (Lipinski definition) is 1. The highest BCUT2D eigenvalue weighted by Crippen LogP contribution is 2.22. The van der Waals surface area contributed by atoms with E-state index in [4.69, 9.17) is 0 Å². The van der Waals surface area contributed by atoms with Crippen LogP contribution in [0.1, 0.15) is 6.92 Å². The van der Waals surface area contributed by atoms with E-state index < -0.39 is 0 Å². The normalized spacial score (nSPS) is 12.7. The summed E-state index contributed by atoms with van der Waals surface area (Å²) in [4.78, 5) is 6.35. The van der Waals surface area contributed by atoms with Crippen molar-refractivity contribution in [3.63, 3.8) is 0 Å². The van der Waals surface area contributed by atoms with Crippen molar-refractivity contribution in [2.24, 2.45) is 0 Å². The first kappa shape index (κ1) is 10.9. The number of benzene rings is 1. The van der Waals surface area contributed by atoms with Gasteiger partial charge in [0, 0.05) is 25.2 Å². The number of rotatable bonds is 3. The SMILES string of the molecule is CC(O)CN(C)c1nccc2ccccc12. The Labute approximate surface area is 95.3 Å². The van der Waals surface area contributed by atoms with Gasteiger partial charge in [0.1, 0.15) is 5.82 Å². The lowest BCUT2D eigenvalue weighted by Gasteiger charge is -2.21. The summed E-state index contributed by atoms with van der Waals surface area (Å²) in [5.41, 5.74) is 0. The molecule has 0 aliphatic heterocycles. The molecule has 2 aromatic rings. The molecule has 0 saturated carbocycles. The van der Waals surface area contributed by atoms with Crippen LogP contribution in [0.5, 0.6) is 0 Å². The smallest absolute Gasteiger partial charge is 0.136 e. The van der Waals surface area contributed by atoms with Crippen LogP contribution in [0.15, 0.2) is 36.5 Å². The molecule has 0 amide bonds. The van der Waals surface area contributed by atoms with Crippen LogP contribution in [0, 0.1) is 0 Å². The first-order valence-corrected chi connectivity index (χ1v) is 5.41. The molecule has 1 aromatic heterocycles. The third-order valence-corrected chi connectivity index (χ3v) is 2.55. The van der Waals surface area contributed by atoms with E-state index in [1.54, 1.807) is 13.1 Å². The quantitative estimate of drug-likeness (QED) is 0.853. The lowest BCUT2D eigenvalue weighted by Crippen LogP contribution is -2.27. The third-order valence-electron chi connectivity index (χ3n) is 2.55. The number of aromatic nitrogens is 1. The molecule has 0 fully saturated rings. The molecule has 3 heteroatoms. The minimum Gasteiger partial charge on any atom is -0.392 e. The van der Waals surface area contributed by atoms with Crippen LogP contribution in [0.4, 0.5) is 5.82 Å². The largest absolute Gasteiger partial charge is 0.392 e. The van der Waals surface area contributed by atoms with E-state index in [2.05, 4.69) is 17.1 Å². The van der Waals surface area contributed by atoms with Crippen molar-refractivity contribution < 1.29 is 5.11 Å². The summed E-state index contributed by atoms with van der Waals surface area (Å²) in [6, 6.07) is 10.1. The molecule has 1 aromatic carbocycles. The molecule has 1 unspecified atom stereocenters. The molecule has 1 N–H and O–H groups in total. The Morgan fingerprint density at radius 3 is 2.81 bits per heavy atom. The molecule has 0 radical (unpaired) electrons. The second-order valence-electron chi connectivity index (χ2n) is 4.09. The van der Waals surface area contributed by atoms with Crippen LogP contribution in [0.2, 0.25) is 0 Å². The number of nitrogens with zero attached hydrogens (tertiary/aromatic N) is 2. The van der Waals surface area contributed by atoms with Crippen molar-refractivity contribution >= 4 is 16.6 Å². The van der Waals surface area contributed by atoms with E-state index in [0.717, 1.165) is 11.2 Å². The van der Waals surface area contributed by atoms with Gasteiger partial charge >= 0.3 is 0 Å². The topological polar surface area (TPSA) is 36.4 Å². The molecule has 0 spiro atoms. The standard InChI is InChI=1S/C13H16N2O/c1-10(16)9-15(2)13-12-6-4-3-5-11(12)7-8-14-13/h3-8,10,16H,9H2,1-2H3. The Morgan fingerprint density at radius 2 is 2.06 bits per heavy atom. The van der Waals surface area contributed by atoms with Gasteiger partial charge in [0.05, 0.1) is 6.10 Å². The number of aliphatic hydroxyl groups excluding tert-OH is 1. The van der Waals surface area contributed by atoms with Gasteiger partial charge in [-0.2, -0.15) is 0 Å². The van der Waals surface area contributed by atoms with Crippen LogP contribution in [-0.4, -0.2) is 29.8 Å². The van der Waals surface area contributed by atoms with Crippen LogP contribution in [0.3, 0.4) is 0 Å². The fourth-order valence-electron chi connectivity index (χ4n) is 1.89.